The highest BCUT2D eigenvalue weighted by atomic mass is 35.5. The minimum absolute atomic E-state index is 0.00803. The predicted molar refractivity (Wildman–Crippen MR) is 83.0 cm³/mol. The minimum atomic E-state index is -0.0643. The van der Waals surface area contributed by atoms with Crippen molar-refractivity contribution in [2.24, 2.45) is 5.92 Å². The standard InChI is InChI=1S/C16H23ClN2O/c1-11(2)15(12-7-9-13(17)10-8-12)19-16(20)18-14-5-3-4-6-14/h7-11,14-15H,3-6H2,1-2H3,(H2,18,19,20). The maximum atomic E-state index is 12.1. The highest BCUT2D eigenvalue weighted by molar-refractivity contribution is 6.30. The van der Waals surface area contributed by atoms with Crippen LogP contribution in [0.2, 0.25) is 5.02 Å². The Kier molecular flexibility index (Phi) is 5.30. The Morgan fingerprint density at radius 2 is 1.80 bits per heavy atom. The van der Waals surface area contributed by atoms with E-state index in [2.05, 4.69) is 24.5 Å². The maximum Gasteiger partial charge on any atom is 0.315 e. The van der Waals surface area contributed by atoms with Gasteiger partial charge in [0.25, 0.3) is 0 Å². The van der Waals surface area contributed by atoms with E-state index in [4.69, 9.17) is 11.6 Å². The van der Waals surface area contributed by atoms with Gasteiger partial charge in [0, 0.05) is 11.1 Å². The Bertz CT molecular complexity index is 438. The Balaban J connectivity index is 1.98. The van der Waals surface area contributed by atoms with Crippen molar-refractivity contribution in [3.63, 3.8) is 0 Å². The van der Waals surface area contributed by atoms with Gasteiger partial charge in [-0.2, -0.15) is 0 Å². The van der Waals surface area contributed by atoms with Gasteiger partial charge in [-0.15, -0.1) is 0 Å². The number of urea groups is 1. The lowest BCUT2D eigenvalue weighted by atomic mass is 9.96. The smallest absolute Gasteiger partial charge is 0.315 e. The third-order valence-corrected chi connectivity index (χ3v) is 4.12. The molecule has 3 nitrogen and oxygen atoms in total. The summed E-state index contributed by atoms with van der Waals surface area (Å²) in [6, 6.07) is 7.96. The molecule has 1 aromatic carbocycles. The molecule has 1 aliphatic carbocycles. The molecule has 110 valence electrons. The molecule has 2 rings (SSSR count). The summed E-state index contributed by atoms with van der Waals surface area (Å²) in [4.78, 5) is 12.1. The van der Waals surface area contributed by atoms with Crippen LogP contribution in [0, 0.1) is 5.92 Å². The largest absolute Gasteiger partial charge is 0.335 e. The van der Waals surface area contributed by atoms with E-state index in [0.29, 0.717) is 17.0 Å². The van der Waals surface area contributed by atoms with E-state index in [1.54, 1.807) is 0 Å². The van der Waals surface area contributed by atoms with Crippen LogP contribution in [0.25, 0.3) is 0 Å². The molecule has 1 unspecified atom stereocenters. The second kappa shape index (κ2) is 6.98. The first-order valence-electron chi connectivity index (χ1n) is 7.39. The summed E-state index contributed by atoms with van der Waals surface area (Å²) in [6.45, 7) is 4.21. The third-order valence-electron chi connectivity index (χ3n) is 3.87. The summed E-state index contributed by atoms with van der Waals surface area (Å²) in [6.07, 6.45) is 4.63. The topological polar surface area (TPSA) is 41.1 Å². The molecule has 2 N–H and O–H groups in total. The molecule has 1 saturated carbocycles. The van der Waals surface area contributed by atoms with Crippen LogP contribution in [0.5, 0.6) is 0 Å². The average molecular weight is 295 g/mol. The Hall–Kier alpha value is -1.22. The van der Waals surface area contributed by atoms with Crippen LogP contribution >= 0.6 is 11.6 Å². The average Bonchev–Trinajstić information content (AvgIpc) is 2.90. The van der Waals surface area contributed by atoms with Crippen LogP contribution in [-0.4, -0.2) is 12.1 Å². The number of carbonyl (C=O) groups excluding carboxylic acids is 1. The van der Waals surface area contributed by atoms with E-state index in [1.165, 1.54) is 12.8 Å². The molecule has 20 heavy (non-hydrogen) atoms. The van der Waals surface area contributed by atoms with E-state index >= 15 is 0 Å². The Labute approximate surface area is 126 Å². The van der Waals surface area contributed by atoms with Crippen molar-refractivity contribution < 1.29 is 4.79 Å². The second-order valence-corrected chi connectivity index (χ2v) is 6.31. The van der Waals surface area contributed by atoms with Gasteiger partial charge in [-0.1, -0.05) is 50.4 Å². The summed E-state index contributed by atoms with van der Waals surface area (Å²) in [5.74, 6) is 0.325. The van der Waals surface area contributed by atoms with Gasteiger partial charge >= 0.3 is 6.03 Å². The number of halogens is 1. The fraction of sp³-hybridized carbons (Fsp3) is 0.562. The summed E-state index contributed by atoms with van der Waals surface area (Å²) in [5, 5.41) is 6.87. The van der Waals surface area contributed by atoms with E-state index in [0.717, 1.165) is 18.4 Å². The zero-order valence-electron chi connectivity index (χ0n) is 12.2. The first-order chi connectivity index (χ1) is 9.56. The van der Waals surface area contributed by atoms with Crippen LogP contribution in [0.4, 0.5) is 4.79 Å². The Morgan fingerprint density at radius 1 is 1.20 bits per heavy atom. The highest BCUT2D eigenvalue weighted by Crippen LogP contribution is 2.23. The van der Waals surface area contributed by atoms with Crippen molar-refractivity contribution in [2.45, 2.75) is 51.6 Å². The molecule has 0 heterocycles. The maximum absolute atomic E-state index is 12.1. The number of carbonyl (C=O) groups is 1. The van der Waals surface area contributed by atoms with Crippen LogP contribution in [0.1, 0.15) is 51.1 Å². The van der Waals surface area contributed by atoms with Gasteiger partial charge in [0.05, 0.1) is 6.04 Å². The monoisotopic (exact) mass is 294 g/mol. The molecule has 1 atom stereocenters. The zero-order valence-corrected chi connectivity index (χ0v) is 12.9. The summed E-state index contributed by atoms with van der Waals surface area (Å²) < 4.78 is 0. The Morgan fingerprint density at radius 3 is 2.35 bits per heavy atom. The molecule has 4 heteroatoms. The summed E-state index contributed by atoms with van der Waals surface area (Å²) in [7, 11) is 0. The number of rotatable bonds is 4. The summed E-state index contributed by atoms with van der Waals surface area (Å²) >= 11 is 5.92. The molecule has 0 aromatic heterocycles. The van der Waals surface area contributed by atoms with E-state index < -0.39 is 0 Å². The van der Waals surface area contributed by atoms with Crippen LogP contribution < -0.4 is 10.6 Å². The van der Waals surface area contributed by atoms with Crippen molar-refractivity contribution in [1.29, 1.82) is 0 Å². The van der Waals surface area contributed by atoms with Gasteiger partial charge in [-0.25, -0.2) is 4.79 Å². The van der Waals surface area contributed by atoms with Crippen molar-refractivity contribution in [3.05, 3.63) is 34.9 Å². The van der Waals surface area contributed by atoms with Crippen molar-refractivity contribution in [1.82, 2.24) is 10.6 Å². The molecule has 1 aromatic rings. The number of hydrogen-bond acceptors (Lipinski definition) is 1. The molecule has 0 spiro atoms. The molecule has 0 saturated heterocycles. The fourth-order valence-corrected chi connectivity index (χ4v) is 2.87. The van der Waals surface area contributed by atoms with E-state index in [1.807, 2.05) is 24.3 Å². The zero-order chi connectivity index (χ0) is 14.5. The molecular formula is C16H23ClN2O. The lowest BCUT2D eigenvalue weighted by Crippen LogP contribution is -2.43. The molecule has 0 aliphatic heterocycles. The first-order valence-corrected chi connectivity index (χ1v) is 7.76. The van der Waals surface area contributed by atoms with E-state index in [9.17, 15) is 4.79 Å². The van der Waals surface area contributed by atoms with Crippen LogP contribution in [-0.2, 0) is 0 Å². The normalized spacial score (nSPS) is 17.2. The number of benzene rings is 1. The summed E-state index contributed by atoms with van der Waals surface area (Å²) in [5.41, 5.74) is 1.09. The first kappa shape index (κ1) is 15.2. The minimum Gasteiger partial charge on any atom is -0.335 e. The van der Waals surface area contributed by atoms with E-state index in [-0.39, 0.29) is 12.1 Å². The molecule has 2 amide bonds. The number of amides is 2. The molecule has 0 bridgehead atoms. The van der Waals surface area contributed by atoms with Crippen LogP contribution in [0.15, 0.2) is 24.3 Å². The SMILES string of the molecule is CC(C)C(NC(=O)NC1CCCC1)c1ccc(Cl)cc1. The lowest BCUT2D eigenvalue weighted by Gasteiger charge is -2.24. The van der Waals surface area contributed by atoms with Gasteiger partial charge in [-0.05, 0) is 36.5 Å². The molecule has 0 radical (unpaired) electrons. The van der Waals surface area contributed by atoms with Crippen molar-refractivity contribution in [2.75, 3.05) is 0 Å². The quantitative estimate of drug-likeness (QED) is 0.855. The van der Waals surface area contributed by atoms with Crippen molar-refractivity contribution in [3.8, 4) is 0 Å². The number of nitrogens with one attached hydrogen (secondary N) is 2. The van der Waals surface area contributed by atoms with Gasteiger partial charge < -0.3 is 10.6 Å². The lowest BCUT2D eigenvalue weighted by molar-refractivity contribution is 0.229. The van der Waals surface area contributed by atoms with Crippen molar-refractivity contribution >= 4 is 17.6 Å². The van der Waals surface area contributed by atoms with Gasteiger partial charge in [0.15, 0.2) is 0 Å². The van der Waals surface area contributed by atoms with Gasteiger partial charge in [0.1, 0.15) is 0 Å². The van der Waals surface area contributed by atoms with Crippen LogP contribution in [0.3, 0.4) is 0 Å². The molecule has 1 aliphatic rings. The second-order valence-electron chi connectivity index (χ2n) is 5.87. The molecular weight excluding hydrogens is 272 g/mol. The fourth-order valence-electron chi connectivity index (χ4n) is 2.74. The molecule has 1 fully saturated rings. The number of hydrogen-bond donors (Lipinski definition) is 2. The third kappa shape index (κ3) is 4.14. The van der Waals surface area contributed by atoms with Gasteiger partial charge in [0.2, 0.25) is 0 Å². The van der Waals surface area contributed by atoms with Gasteiger partial charge in [-0.3, -0.25) is 0 Å². The predicted octanol–water partition coefficient (Wildman–Crippen LogP) is 4.28. The highest BCUT2D eigenvalue weighted by Gasteiger charge is 2.21.